The van der Waals surface area contributed by atoms with Crippen molar-refractivity contribution in [2.24, 2.45) is 5.73 Å². The molecule has 0 bridgehead atoms. The van der Waals surface area contributed by atoms with Gasteiger partial charge in [-0.15, -0.1) is 0 Å². The second-order valence-corrected chi connectivity index (χ2v) is 5.72. The fraction of sp³-hybridized carbons (Fsp3) is 1.00. The van der Waals surface area contributed by atoms with E-state index >= 15 is 0 Å². The van der Waals surface area contributed by atoms with Gasteiger partial charge in [0.05, 0.1) is 18.5 Å². The van der Waals surface area contributed by atoms with E-state index in [2.05, 4.69) is 0 Å². The lowest BCUT2D eigenvalue weighted by Crippen LogP contribution is -2.53. The Bertz CT molecular complexity index is 278. The second kappa shape index (κ2) is 4.57. The van der Waals surface area contributed by atoms with E-state index in [0.717, 1.165) is 0 Å². The van der Waals surface area contributed by atoms with E-state index < -0.39 is 10.0 Å². The molecule has 1 saturated heterocycles. The predicted octanol–water partition coefficient (Wildman–Crippen LogP) is -0.616. The fourth-order valence-corrected chi connectivity index (χ4v) is 2.82. The van der Waals surface area contributed by atoms with E-state index in [1.54, 1.807) is 6.92 Å². The number of ether oxygens (including phenoxy) is 1. The van der Waals surface area contributed by atoms with Crippen LogP contribution in [0.1, 0.15) is 13.8 Å². The molecule has 1 rings (SSSR count). The van der Waals surface area contributed by atoms with Crippen LogP contribution in [0, 0.1) is 0 Å². The lowest BCUT2D eigenvalue weighted by Gasteiger charge is -2.36. The number of sulfonamides is 1. The summed E-state index contributed by atoms with van der Waals surface area (Å²) in [7, 11) is -3.12. The Morgan fingerprint density at radius 3 is 2.71 bits per heavy atom. The highest BCUT2D eigenvalue weighted by Gasteiger charge is 2.32. The Hall–Kier alpha value is -0.170. The van der Waals surface area contributed by atoms with Crippen LogP contribution in [0.3, 0.4) is 0 Å². The summed E-state index contributed by atoms with van der Waals surface area (Å²) < 4.78 is 30.2. The summed E-state index contributed by atoms with van der Waals surface area (Å²) >= 11 is 0. The average Bonchev–Trinajstić information content (AvgIpc) is 2.18. The summed E-state index contributed by atoms with van der Waals surface area (Å²) in [5, 5.41) is 0. The number of rotatable bonds is 3. The van der Waals surface area contributed by atoms with Crippen LogP contribution < -0.4 is 5.73 Å². The van der Waals surface area contributed by atoms with Gasteiger partial charge in [0, 0.05) is 19.1 Å². The maximum Gasteiger partial charge on any atom is 0.214 e. The lowest BCUT2D eigenvalue weighted by atomic mass is 10.2. The minimum Gasteiger partial charge on any atom is -0.374 e. The van der Waals surface area contributed by atoms with Crippen molar-refractivity contribution < 1.29 is 13.2 Å². The molecule has 2 atom stereocenters. The predicted molar refractivity (Wildman–Crippen MR) is 54.4 cm³/mol. The van der Waals surface area contributed by atoms with Crippen molar-refractivity contribution >= 4 is 10.0 Å². The molecule has 14 heavy (non-hydrogen) atoms. The van der Waals surface area contributed by atoms with E-state index in [9.17, 15) is 8.42 Å². The van der Waals surface area contributed by atoms with Gasteiger partial charge in [0.1, 0.15) is 0 Å². The minimum absolute atomic E-state index is 0.0808. The van der Waals surface area contributed by atoms with Gasteiger partial charge in [-0.3, -0.25) is 0 Å². The molecular weight excluding hydrogens is 204 g/mol. The number of hydrogen-bond acceptors (Lipinski definition) is 4. The van der Waals surface area contributed by atoms with Crippen LogP contribution >= 0.6 is 0 Å². The number of nitrogens with two attached hydrogens (primary N) is 1. The van der Waals surface area contributed by atoms with Crippen LogP contribution in [-0.2, 0) is 14.8 Å². The van der Waals surface area contributed by atoms with Gasteiger partial charge < -0.3 is 10.5 Å². The van der Waals surface area contributed by atoms with Crippen molar-refractivity contribution in [2.75, 3.05) is 25.4 Å². The standard InChI is InChI=1S/C8H18N2O3S/c1-3-14(11,12)10-5-8(4-9)13-6-7(10)2/h7-8H,3-6,9H2,1-2H3. The van der Waals surface area contributed by atoms with Crippen LogP contribution in [0.5, 0.6) is 0 Å². The molecule has 5 nitrogen and oxygen atoms in total. The number of morpholine rings is 1. The summed E-state index contributed by atoms with van der Waals surface area (Å²) in [4.78, 5) is 0. The zero-order chi connectivity index (χ0) is 10.8. The third-order valence-corrected chi connectivity index (χ3v) is 4.39. The summed E-state index contributed by atoms with van der Waals surface area (Å²) in [5.74, 6) is 0.134. The Balaban J connectivity index is 2.75. The summed E-state index contributed by atoms with van der Waals surface area (Å²) in [6.07, 6.45) is -0.160. The van der Waals surface area contributed by atoms with Crippen LogP contribution in [0.4, 0.5) is 0 Å². The highest BCUT2D eigenvalue weighted by molar-refractivity contribution is 7.89. The molecule has 1 fully saturated rings. The molecule has 0 amide bonds. The maximum absolute atomic E-state index is 11.7. The van der Waals surface area contributed by atoms with Crippen LogP contribution in [0.2, 0.25) is 0 Å². The SMILES string of the molecule is CCS(=O)(=O)N1CC(CN)OCC1C. The first-order valence-corrected chi connectivity index (χ1v) is 6.43. The molecule has 0 aliphatic carbocycles. The first-order chi connectivity index (χ1) is 6.51. The van der Waals surface area contributed by atoms with E-state index in [1.165, 1.54) is 4.31 Å². The zero-order valence-corrected chi connectivity index (χ0v) is 9.46. The van der Waals surface area contributed by atoms with Gasteiger partial charge in [0.15, 0.2) is 0 Å². The quantitative estimate of drug-likeness (QED) is 0.691. The van der Waals surface area contributed by atoms with Gasteiger partial charge in [-0.1, -0.05) is 0 Å². The Labute approximate surface area is 85.3 Å². The molecule has 1 heterocycles. The molecule has 0 aromatic rings. The monoisotopic (exact) mass is 222 g/mol. The molecular formula is C8H18N2O3S. The lowest BCUT2D eigenvalue weighted by molar-refractivity contribution is -0.0219. The normalized spacial score (nSPS) is 30.5. The topological polar surface area (TPSA) is 72.6 Å². The largest absolute Gasteiger partial charge is 0.374 e. The smallest absolute Gasteiger partial charge is 0.214 e. The molecule has 0 aromatic carbocycles. The van der Waals surface area contributed by atoms with E-state index in [4.69, 9.17) is 10.5 Å². The third kappa shape index (κ3) is 2.44. The highest BCUT2D eigenvalue weighted by Crippen LogP contribution is 2.15. The highest BCUT2D eigenvalue weighted by atomic mass is 32.2. The number of hydrogen-bond donors (Lipinski definition) is 1. The van der Waals surface area contributed by atoms with Gasteiger partial charge in [-0.2, -0.15) is 4.31 Å². The molecule has 0 spiro atoms. The summed E-state index contributed by atoms with van der Waals surface area (Å²) in [6, 6.07) is -0.0808. The molecule has 0 radical (unpaired) electrons. The Morgan fingerprint density at radius 1 is 1.57 bits per heavy atom. The van der Waals surface area contributed by atoms with Crippen LogP contribution in [0.15, 0.2) is 0 Å². The molecule has 0 saturated carbocycles. The fourth-order valence-electron chi connectivity index (χ4n) is 1.49. The Kier molecular flexibility index (Phi) is 3.88. The van der Waals surface area contributed by atoms with Gasteiger partial charge in [-0.05, 0) is 13.8 Å². The molecule has 84 valence electrons. The molecule has 0 aromatic heterocycles. The van der Waals surface area contributed by atoms with E-state index in [-0.39, 0.29) is 17.9 Å². The average molecular weight is 222 g/mol. The number of nitrogens with zero attached hydrogens (tertiary/aromatic N) is 1. The van der Waals surface area contributed by atoms with Gasteiger partial charge in [-0.25, -0.2) is 8.42 Å². The van der Waals surface area contributed by atoms with E-state index in [0.29, 0.717) is 19.7 Å². The van der Waals surface area contributed by atoms with Crippen molar-refractivity contribution in [3.63, 3.8) is 0 Å². The third-order valence-electron chi connectivity index (χ3n) is 2.43. The molecule has 2 unspecified atom stereocenters. The van der Waals surface area contributed by atoms with E-state index in [1.807, 2.05) is 6.92 Å². The first-order valence-electron chi connectivity index (χ1n) is 4.82. The first kappa shape index (κ1) is 11.9. The molecule has 1 aliphatic rings. The zero-order valence-electron chi connectivity index (χ0n) is 8.64. The van der Waals surface area contributed by atoms with Gasteiger partial charge in [0.25, 0.3) is 0 Å². The van der Waals surface area contributed by atoms with Crippen LogP contribution in [0.25, 0.3) is 0 Å². The minimum atomic E-state index is -3.12. The summed E-state index contributed by atoms with van der Waals surface area (Å²) in [6.45, 7) is 4.67. The molecule has 2 N–H and O–H groups in total. The van der Waals surface area contributed by atoms with Crippen LogP contribution in [-0.4, -0.2) is 50.3 Å². The molecule has 6 heteroatoms. The van der Waals surface area contributed by atoms with Crippen molar-refractivity contribution in [3.8, 4) is 0 Å². The summed E-state index contributed by atoms with van der Waals surface area (Å²) in [5.41, 5.74) is 5.45. The van der Waals surface area contributed by atoms with Crippen molar-refractivity contribution in [3.05, 3.63) is 0 Å². The maximum atomic E-state index is 11.7. The van der Waals surface area contributed by atoms with Gasteiger partial charge in [0.2, 0.25) is 10.0 Å². The van der Waals surface area contributed by atoms with Crippen molar-refractivity contribution in [2.45, 2.75) is 26.0 Å². The van der Waals surface area contributed by atoms with Crippen molar-refractivity contribution in [1.29, 1.82) is 0 Å². The van der Waals surface area contributed by atoms with Gasteiger partial charge >= 0.3 is 0 Å². The Morgan fingerprint density at radius 2 is 2.21 bits per heavy atom. The molecule has 1 aliphatic heterocycles. The van der Waals surface area contributed by atoms with Crippen molar-refractivity contribution in [1.82, 2.24) is 4.31 Å². The second-order valence-electron chi connectivity index (χ2n) is 3.51.